The molecule has 1 unspecified atom stereocenters. The van der Waals surface area contributed by atoms with E-state index in [2.05, 4.69) is 18.7 Å². The van der Waals surface area contributed by atoms with Gasteiger partial charge in [0, 0.05) is 12.5 Å². The van der Waals surface area contributed by atoms with Crippen molar-refractivity contribution in [2.75, 3.05) is 31.1 Å². The molecule has 0 aliphatic carbocycles. The van der Waals surface area contributed by atoms with E-state index in [0.29, 0.717) is 5.84 Å². The molecule has 0 saturated heterocycles. The van der Waals surface area contributed by atoms with E-state index in [1.54, 1.807) is 0 Å². The number of nitrogens with zero attached hydrogens (tertiary/aromatic N) is 1. The summed E-state index contributed by atoms with van der Waals surface area (Å²) in [6.45, 7) is 9.48. The first-order valence-electron chi connectivity index (χ1n) is 5.75. The number of rotatable bonds is 9. The van der Waals surface area contributed by atoms with Gasteiger partial charge in [-0.2, -0.15) is 11.8 Å². The highest BCUT2D eigenvalue weighted by atomic mass is 32.2. The van der Waals surface area contributed by atoms with Crippen molar-refractivity contribution >= 4 is 17.6 Å². The lowest BCUT2D eigenvalue weighted by atomic mass is 10.1. The van der Waals surface area contributed by atoms with Crippen LogP contribution >= 0.6 is 11.8 Å². The van der Waals surface area contributed by atoms with Crippen molar-refractivity contribution in [3.8, 4) is 0 Å². The van der Waals surface area contributed by atoms with Gasteiger partial charge in [0.25, 0.3) is 0 Å². The topological polar surface area (TPSA) is 53.1 Å². The number of hydrogen-bond acceptors (Lipinski definition) is 3. The summed E-state index contributed by atoms with van der Waals surface area (Å²) in [5.41, 5.74) is 5.47. The maximum absolute atomic E-state index is 7.36. The molecule has 90 valence electrons. The standard InChI is InChI=1S/C11H25N3S/c1-4-14(7-6-8-15-5-2)9-10(3)11(12)13/h10H,4-9H2,1-3H3,(H3,12,13). The van der Waals surface area contributed by atoms with Crippen LogP contribution in [0.2, 0.25) is 0 Å². The lowest BCUT2D eigenvalue weighted by Gasteiger charge is -2.23. The zero-order valence-electron chi connectivity index (χ0n) is 10.3. The Morgan fingerprint density at radius 3 is 2.60 bits per heavy atom. The second-order valence-electron chi connectivity index (χ2n) is 3.80. The van der Waals surface area contributed by atoms with Gasteiger partial charge in [0.1, 0.15) is 0 Å². The lowest BCUT2D eigenvalue weighted by molar-refractivity contribution is 0.272. The Bertz CT molecular complexity index is 173. The van der Waals surface area contributed by atoms with Crippen molar-refractivity contribution < 1.29 is 0 Å². The molecule has 0 aromatic heterocycles. The number of nitrogens with two attached hydrogens (primary N) is 1. The molecule has 3 nitrogen and oxygen atoms in total. The summed E-state index contributed by atoms with van der Waals surface area (Å²) in [6.07, 6.45) is 1.23. The first-order chi connectivity index (χ1) is 7.11. The highest BCUT2D eigenvalue weighted by Gasteiger charge is 2.10. The number of hydrogen-bond donors (Lipinski definition) is 2. The predicted molar refractivity (Wildman–Crippen MR) is 70.8 cm³/mol. The SMILES string of the molecule is CCSCCCN(CC)CC(C)C(=N)N. The summed E-state index contributed by atoms with van der Waals surface area (Å²) in [4.78, 5) is 2.38. The van der Waals surface area contributed by atoms with Crippen LogP contribution < -0.4 is 5.73 Å². The number of amidine groups is 1. The molecule has 0 fully saturated rings. The van der Waals surface area contributed by atoms with Crippen molar-refractivity contribution in [1.29, 1.82) is 5.41 Å². The van der Waals surface area contributed by atoms with Gasteiger partial charge in [0.15, 0.2) is 0 Å². The van der Waals surface area contributed by atoms with E-state index < -0.39 is 0 Å². The van der Waals surface area contributed by atoms with E-state index in [-0.39, 0.29) is 5.92 Å². The average molecular weight is 231 g/mol. The molecule has 0 aromatic carbocycles. The van der Waals surface area contributed by atoms with Crippen molar-refractivity contribution in [2.45, 2.75) is 27.2 Å². The fraction of sp³-hybridized carbons (Fsp3) is 0.909. The van der Waals surface area contributed by atoms with Gasteiger partial charge in [0.2, 0.25) is 0 Å². The lowest BCUT2D eigenvalue weighted by Crippen LogP contribution is -2.35. The van der Waals surface area contributed by atoms with E-state index in [9.17, 15) is 0 Å². The van der Waals surface area contributed by atoms with Crippen LogP contribution in [0.3, 0.4) is 0 Å². The third kappa shape index (κ3) is 7.68. The fourth-order valence-electron chi connectivity index (χ4n) is 1.40. The van der Waals surface area contributed by atoms with Gasteiger partial charge >= 0.3 is 0 Å². The van der Waals surface area contributed by atoms with Gasteiger partial charge in [-0.1, -0.05) is 20.8 Å². The largest absolute Gasteiger partial charge is 0.387 e. The molecule has 0 amide bonds. The quantitative estimate of drug-likeness (QED) is 0.363. The zero-order valence-corrected chi connectivity index (χ0v) is 11.1. The van der Waals surface area contributed by atoms with Gasteiger partial charge in [0.05, 0.1) is 5.84 Å². The Morgan fingerprint density at radius 2 is 2.13 bits per heavy atom. The Balaban J connectivity index is 3.67. The van der Waals surface area contributed by atoms with E-state index >= 15 is 0 Å². The van der Waals surface area contributed by atoms with Crippen LogP contribution in [-0.2, 0) is 0 Å². The molecule has 0 aliphatic heterocycles. The molecular formula is C11H25N3S. The average Bonchev–Trinajstić information content (AvgIpc) is 2.22. The third-order valence-electron chi connectivity index (χ3n) is 2.48. The predicted octanol–water partition coefficient (Wildman–Crippen LogP) is 2.02. The smallest absolute Gasteiger partial charge is 0.0947 e. The highest BCUT2D eigenvalue weighted by Crippen LogP contribution is 2.04. The zero-order chi connectivity index (χ0) is 11.7. The molecule has 1 atom stereocenters. The molecule has 4 heteroatoms. The van der Waals surface area contributed by atoms with Crippen LogP contribution in [0.1, 0.15) is 27.2 Å². The number of nitrogens with one attached hydrogen (secondary N) is 1. The second kappa shape index (κ2) is 9.04. The minimum Gasteiger partial charge on any atom is -0.387 e. The molecular weight excluding hydrogens is 206 g/mol. The molecule has 0 saturated carbocycles. The molecule has 0 radical (unpaired) electrons. The van der Waals surface area contributed by atoms with Crippen molar-refractivity contribution in [1.82, 2.24) is 4.90 Å². The van der Waals surface area contributed by atoms with E-state index in [4.69, 9.17) is 11.1 Å². The summed E-state index contributed by atoms with van der Waals surface area (Å²) < 4.78 is 0. The summed E-state index contributed by atoms with van der Waals surface area (Å²) in [6, 6.07) is 0. The monoisotopic (exact) mass is 231 g/mol. The van der Waals surface area contributed by atoms with Gasteiger partial charge in [-0.3, -0.25) is 5.41 Å². The Labute approximate surface area is 98.3 Å². The van der Waals surface area contributed by atoms with Crippen molar-refractivity contribution in [2.24, 2.45) is 11.7 Å². The summed E-state index contributed by atoms with van der Waals surface area (Å²) in [7, 11) is 0. The molecule has 0 aliphatic rings. The minimum absolute atomic E-state index is 0.184. The van der Waals surface area contributed by atoms with Crippen LogP contribution in [0.25, 0.3) is 0 Å². The Kier molecular flexibility index (Phi) is 8.91. The highest BCUT2D eigenvalue weighted by molar-refractivity contribution is 7.99. The van der Waals surface area contributed by atoms with Crippen LogP contribution in [0, 0.1) is 11.3 Å². The summed E-state index contributed by atoms with van der Waals surface area (Å²) in [5.74, 6) is 2.93. The van der Waals surface area contributed by atoms with Crippen LogP contribution in [-0.4, -0.2) is 41.9 Å². The van der Waals surface area contributed by atoms with E-state index in [1.165, 1.54) is 17.9 Å². The van der Waals surface area contributed by atoms with Crippen molar-refractivity contribution in [3.63, 3.8) is 0 Å². The van der Waals surface area contributed by atoms with Crippen molar-refractivity contribution in [3.05, 3.63) is 0 Å². The molecule has 0 heterocycles. The van der Waals surface area contributed by atoms with Gasteiger partial charge in [-0.05, 0) is 31.0 Å². The van der Waals surface area contributed by atoms with Crippen LogP contribution in [0.15, 0.2) is 0 Å². The molecule has 15 heavy (non-hydrogen) atoms. The summed E-state index contributed by atoms with van der Waals surface area (Å²) in [5, 5.41) is 7.36. The van der Waals surface area contributed by atoms with Gasteiger partial charge in [-0.15, -0.1) is 0 Å². The molecule has 3 N–H and O–H groups in total. The van der Waals surface area contributed by atoms with E-state index in [1.807, 2.05) is 18.7 Å². The number of thioether (sulfide) groups is 1. The molecule has 0 spiro atoms. The van der Waals surface area contributed by atoms with Gasteiger partial charge < -0.3 is 10.6 Å². The van der Waals surface area contributed by atoms with Crippen LogP contribution in [0.4, 0.5) is 0 Å². The molecule has 0 rings (SSSR count). The minimum atomic E-state index is 0.184. The third-order valence-corrected chi connectivity index (χ3v) is 3.46. The molecule has 0 bridgehead atoms. The van der Waals surface area contributed by atoms with Gasteiger partial charge in [-0.25, -0.2) is 0 Å². The fourth-order valence-corrected chi connectivity index (χ4v) is 2.02. The molecule has 0 aromatic rings. The first-order valence-corrected chi connectivity index (χ1v) is 6.91. The summed E-state index contributed by atoms with van der Waals surface area (Å²) >= 11 is 1.99. The second-order valence-corrected chi connectivity index (χ2v) is 5.19. The van der Waals surface area contributed by atoms with Crippen LogP contribution in [0.5, 0.6) is 0 Å². The Hall–Kier alpha value is -0.220. The Morgan fingerprint density at radius 1 is 1.47 bits per heavy atom. The first kappa shape index (κ1) is 14.8. The normalized spacial score (nSPS) is 13.1. The maximum atomic E-state index is 7.36. The van der Waals surface area contributed by atoms with E-state index in [0.717, 1.165) is 19.6 Å². The maximum Gasteiger partial charge on any atom is 0.0947 e.